The van der Waals surface area contributed by atoms with Crippen LogP contribution < -0.4 is 5.43 Å². The van der Waals surface area contributed by atoms with Gasteiger partial charge in [0, 0.05) is 6.42 Å². The number of hydrogen-bond donors (Lipinski definition) is 1. The minimum Gasteiger partial charge on any atom is -0.273 e. The Bertz CT molecular complexity index is 485. The lowest BCUT2D eigenvalue weighted by Gasteiger charge is -2.20. The summed E-state index contributed by atoms with van der Waals surface area (Å²) in [6, 6.07) is 8.29. The molecule has 0 radical (unpaired) electrons. The SMILES string of the molecule is CC(C)c1ccc(/C=N\NC(=O)CCC2CCCCC2)cc1. The van der Waals surface area contributed by atoms with Gasteiger partial charge in [0.2, 0.25) is 5.91 Å². The molecule has 0 heterocycles. The van der Waals surface area contributed by atoms with Crippen LogP contribution in [-0.4, -0.2) is 12.1 Å². The molecule has 120 valence electrons. The average molecular weight is 300 g/mol. The van der Waals surface area contributed by atoms with Crippen LogP contribution in [0.5, 0.6) is 0 Å². The third-order valence-electron chi connectivity index (χ3n) is 4.51. The molecule has 0 saturated heterocycles. The summed E-state index contributed by atoms with van der Waals surface area (Å²) >= 11 is 0. The summed E-state index contributed by atoms with van der Waals surface area (Å²) in [6.45, 7) is 4.35. The topological polar surface area (TPSA) is 41.5 Å². The van der Waals surface area contributed by atoms with Crippen molar-refractivity contribution in [3.05, 3.63) is 35.4 Å². The van der Waals surface area contributed by atoms with Gasteiger partial charge in [-0.3, -0.25) is 4.79 Å². The predicted octanol–water partition coefficient (Wildman–Crippen LogP) is 4.62. The lowest BCUT2D eigenvalue weighted by atomic mass is 9.86. The van der Waals surface area contributed by atoms with Gasteiger partial charge in [-0.1, -0.05) is 70.2 Å². The number of hydrazone groups is 1. The molecule has 3 nitrogen and oxygen atoms in total. The highest BCUT2D eigenvalue weighted by atomic mass is 16.2. The van der Waals surface area contributed by atoms with E-state index in [1.807, 2.05) is 12.1 Å². The van der Waals surface area contributed by atoms with Gasteiger partial charge in [0.25, 0.3) is 0 Å². The Hall–Kier alpha value is -1.64. The second kappa shape index (κ2) is 8.72. The molecule has 2 rings (SSSR count). The van der Waals surface area contributed by atoms with Gasteiger partial charge in [-0.05, 0) is 29.4 Å². The van der Waals surface area contributed by atoms with Crippen molar-refractivity contribution in [1.29, 1.82) is 0 Å². The van der Waals surface area contributed by atoms with Gasteiger partial charge >= 0.3 is 0 Å². The fraction of sp³-hybridized carbons (Fsp3) is 0.579. The number of carbonyl (C=O) groups excluding carboxylic acids is 1. The van der Waals surface area contributed by atoms with Crippen LogP contribution in [-0.2, 0) is 4.79 Å². The van der Waals surface area contributed by atoms with E-state index in [1.165, 1.54) is 37.7 Å². The number of hydrogen-bond acceptors (Lipinski definition) is 2. The summed E-state index contributed by atoms with van der Waals surface area (Å²) < 4.78 is 0. The first kappa shape index (κ1) is 16.7. The lowest BCUT2D eigenvalue weighted by Crippen LogP contribution is -2.19. The molecule has 1 N–H and O–H groups in total. The molecular formula is C19H28N2O. The molecule has 1 saturated carbocycles. The molecule has 3 heteroatoms. The largest absolute Gasteiger partial charge is 0.273 e. The van der Waals surface area contributed by atoms with Crippen molar-refractivity contribution in [3.8, 4) is 0 Å². The minimum atomic E-state index is 0.0284. The molecule has 0 aromatic heterocycles. The van der Waals surface area contributed by atoms with Crippen LogP contribution >= 0.6 is 0 Å². The van der Waals surface area contributed by atoms with E-state index in [1.54, 1.807) is 6.21 Å². The van der Waals surface area contributed by atoms with Gasteiger partial charge in [-0.25, -0.2) is 5.43 Å². The highest BCUT2D eigenvalue weighted by molar-refractivity contribution is 5.82. The molecule has 1 aliphatic carbocycles. The lowest BCUT2D eigenvalue weighted by molar-refractivity contribution is -0.121. The van der Waals surface area contributed by atoms with Crippen molar-refractivity contribution in [2.75, 3.05) is 0 Å². The molecule has 1 aromatic rings. The van der Waals surface area contributed by atoms with Crippen LogP contribution in [0.2, 0.25) is 0 Å². The van der Waals surface area contributed by atoms with Crippen molar-refractivity contribution < 1.29 is 4.79 Å². The smallest absolute Gasteiger partial charge is 0.240 e. The second-order valence-electron chi connectivity index (χ2n) is 6.66. The molecular weight excluding hydrogens is 272 g/mol. The van der Waals surface area contributed by atoms with Gasteiger partial charge in [-0.15, -0.1) is 0 Å². The van der Waals surface area contributed by atoms with E-state index in [0.717, 1.165) is 17.9 Å². The van der Waals surface area contributed by atoms with Gasteiger partial charge in [-0.2, -0.15) is 5.10 Å². The predicted molar refractivity (Wildman–Crippen MR) is 92.1 cm³/mol. The standard InChI is InChI=1S/C19H28N2O/c1-15(2)18-11-8-17(9-12-18)14-20-21-19(22)13-10-16-6-4-3-5-7-16/h8-9,11-12,14-16H,3-7,10,13H2,1-2H3,(H,21,22)/b20-14-. The second-order valence-corrected chi connectivity index (χ2v) is 6.66. The summed E-state index contributed by atoms with van der Waals surface area (Å²) in [5.41, 5.74) is 4.96. The Morgan fingerprint density at radius 2 is 1.91 bits per heavy atom. The molecule has 0 aliphatic heterocycles. The Balaban J connectivity index is 1.70. The maximum atomic E-state index is 11.8. The number of rotatable bonds is 6. The van der Waals surface area contributed by atoms with E-state index in [-0.39, 0.29) is 5.91 Å². The number of nitrogens with one attached hydrogen (secondary N) is 1. The van der Waals surface area contributed by atoms with Crippen molar-refractivity contribution in [2.45, 2.75) is 64.7 Å². The van der Waals surface area contributed by atoms with Crippen LogP contribution in [0, 0.1) is 5.92 Å². The van der Waals surface area contributed by atoms with Crippen LogP contribution in [0.15, 0.2) is 29.4 Å². The summed E-state index contributed by atoms with van der Waals surface area (Å²) in [4.78, 5) is 11.8. The van der Waals surface area contributed by atoms with E-state index >= 15 is 0 Å². The summed E-state index contributed by atoms with van der Waals surface area (Å²) in [5, 5.41) is 4.06. The van der Waals surface area contributed by atoms with E-state index < -0.39 is 0 Å². The van der Waals surface area contributed by atoms with E-state index in [9.17, 15) is 4.79 Å². The molecule has 1 aromatic carbocycles. The first-order valence-corrected chi connectivity index (χ1v) is 8.57. The molecule has 0 atom stereocenters. The number of benzene rings is 1. The van der Waals surface area contributed by atoms with Crippen molar-refractivity contribution in [2.24, 2.45) is 11.0 Å². The fourth-order valence-corrected chi connectivity index (χ4v) is 3.01. The van der Waals surface area contributed by atoms with E-state index in [4.69, 9.17) is 0 Å². The van der Waals surface area contributed by atoms with Crippen LogP contribution in [0.3, 0.4) is 0 Å². The quantitative estimate of drug-likeness (QED) is 0.604. The maximum Gasteiger partial charge on any atom is 0.240 e. The number of nitrogens with zero attached hydrogens (tertiary/aromatic N) is 1. The zero-order chi connectivity index (χ0) is 15.8. The fourth-order valence-electron chi connectivity index (χ4n) is 3.01. The maximum absolute atomic E-state index is 11.8. The average Bonchev–Trinajstić information content (AvgIpc) is 2.54. The molecule has 0 spiro atoms. The molecule has 0 bridgehead atoms. The molecule has 1 amide bonds. The molecule has 1 fully saturated rings. The van der Waals surface area contributed by atoms with Crippen molar-refractivity contribution in [3.63, 3.8) is 0 Å². The van der Waals surface area contributed by atoms with Gasteiger partial charge in [0.05, 0.1) is 6.21 Å². The molecule has 22 heavy (non-hydrogen) atoms. The van der Waals surface area contributed by atoms with Crippen molar-refractivity contribution in [1.82, 2.24) is 5.43 Å². The van der Waals surface area contributed by atoms with E-state index in [2.05, 4.69) is 36.5 Å². The highest BCUT2D eigenvalue weighted by Gasteiger charge is 2.14. The summed E-state index contributed by atoms with van der Waals surface area (Å²) in [6.07, 6.45) is 9.91. The zero-order valence-corrected chi connectivity index (χ0v) is 13.8. The van der Waals surface area contributed by atoms with Gasteiger partial charge < -0.3 is 0 Å². The summed E-state index contributed by atoms with van der Waals surface area (Å²) in [5.74, 6) is 1.30. The van der Waals surface area contributed by atoms with Gasteiger partial charge in [0.15, 0.2) is 0 Å². The van der Waals surface area contributed by atoms with E-state index in [0.29, 0.717) is 12.3 Å². The summed E-state index contributed by atoms with van der Waals surface area (Å²) in [7, 11) is 0. The third kappa shape index (κ3) is 5.63. The first-order chi connectivity index (χ1) is 10.6. The minimum absolute atomic E-state index is 0.0284. The third-order valence-corrected chi connectivity index (χ3v) is 4.51. The Morgan fingerprint density at radius 1 is 1.23 bits per heavy atom. The van der Waals surface area contributed by atoms with Crippen LogP contribution in [0.25, 0.3) is 0 Å². The normalized spacial score (nSPS) is 16.3. The van der Waals surface area contributed by atoms with Crippen molar-refractivity contribution >= 4 is 12.1 Å². The monoisotopic (exact) mass is 300 g/mol. The van der Waals surface area contributed by atoms with Crippen LogP contribution in [0.1, 0.15) is 75.8 Å². The Morgan fingerprint density at radius 3 is 2.55 bits per heavy atom. The Labute approximate surface area is 134 Å². The van der Waals surface area contributed by atoms with Gasteiger partial charge in [0.1, 0.15) is 0 Å². The highest BCUT2D eigenvalue weighted by Crippen LogP contribution is 2.27. The number of amides is 1. The first-order valence-electron chi connectivity index (χ1n) is 8.57. The van der Waals surface area contributed by atoms with Crippen LogP contribution in [0.4, 0.5) is 0 Å². The zero-order valence-electron chi connectivity index (χ0n) is 13.8. The molecule has 0 unspecified atom stereocenters. The molecule has 1 aliphatic rings. The number of carbonyl (C=O) groups is 1. The Kier molecular flexibility index (Phi) is 6.63.